The molecule has 1 fully saturated rings. The number of ether oxygens (including phenoxy) is 1. The van der Waals surface area contributed by atoms with E-state index in [1.54, 1.807) is 4.90 Å². The molecule has 1 saturated heterocycles. The molecule has 0 unspecified atom stereocenters. The van der Waals surface area contributed by atoms with Gasteiger partial charge in [-0.05, 0) is 20.3 Å². The van der Waals surface area contributed by atoms with Crippen LogP contribution < -0.4 is 0 Å². The highest BCUT2D eigenvalue weighted by Crippen LogP contribution is 2.05. The van der Waals surface area contributed by atoms with Crippen LogP contribution in [0, 0.1) is 0 Å². The molecule has 0 aromatic carbocycles. The predicted octanol–water partition coefficient (Wildman–Crippen LogP) is 0.697. The quantitative estimate of drug-likeness (QED) is 0.692. The van der Waals surface area contributed by atoms with E-state index in [0.29, 0.717) is 26.2 Å². The van der Waals surface area contributed by atoms with Gasteiger partial charge in [0.25, 0.3) is 0 Å². The van der Waals surface area contributed by atoms with Crippen LogP contribution in [-0.2, 0) is 9.53 Å². The fourth-order valence-electron chi connectivity index (χ4n) is 1.58. The van der Waals surface area contributed by atoms with Crippen molar-refractivity contribution in [2.45, 2.75) is 20.3 Å². The first kappa shape index (κ1) is 11.8. The third-order valence-electron chi connectivity index (χ3n) is 2.50. The molecule has 86 valence electrons. The lowest BCUT2D eigenvalue weighted by Gasteiger charge is -2.28. The van der Waals surface area contributed by atoms with Crippen LogP contribution in [0.2, 0.25) is 0 Å². The van der Waals surface area contributed by atoms with E-state index in [9.17, 15) is 9.59 Å². The van der Waals surface area contributed by atoms with Gasteiger partial charge in [-0.1, -0.05) is 0 Å². The van der Waals surface area contributed by atoms with Gasteiger partial charge < -0.3 is 9.64 Å². The molecular weight excluding hydrogens is 196 g/mol. The van der Waals surface area contributed by atoms with E-state index in [2.05, 4.69) is 0 Å². The molecule has 0 saturated carbocycles. The van der Waals surface area contributed by atoms with Crippen molar-refractivity contribution in [2.75, 3.05) is 32.8 Å². The summed E-state index contributed by atoms with van der Waals surface area (Å²) >= 11 is 0. The van der Waals surface area contributed by atoms with Crippen LogP contribution >= 0.6 is 0 Å². The van der Waals surface area contributed by atoms with Gasteiger partial charge in [0.2, 0.25) is 5.91 Å². The van der Waals surface area contributed by atoms with Gasteiger partial charge in [0.15, 0.2) is 0 Å². The Morgan fingerprint density at radius 1 is 1.47 bits per heavy atom. The molecular formula is C10H18N2O3. The lowest BCUT2D eigenvalue weighted by molar-refractivity contribution is -0.132. The van der Waals surface area contributed by atoms with Crippen LogP contribution in [0.4, 0.5) is 4.79 Å². The van der Waals surface area contributed by atoms with E-state index in [-0.39, 0.29) is 18.5 Å². The molecule has 2 amide bonds. The molecule has 0 spiro atoms. The minimum Gasteiger partial charge on any atom is -0.449 e. The molecule has 0 aromatic heterocycles. The van der Waals surface area contributed by atoms with Crippen LogP contribution in [0.5, 0.6) is 0 Å². The van der Waals surface area contributed by atoms with Crippen molar-refractivity contribution in [1.29, 1.82) is 0 Å². The molecule has 0 bridgehead atoms. The van der Waals surface area contributed by atoms with Crippen molar-refractivity contribution >= 4 is 12.0 Å². The van der Waals surface area contributed by atoms with Crippen molar-refractivity contribution in [3.05, 3.63) is 0 Å². The lowest BCUT2D eigenvalue weighted by atomic mass is 10.3. The zero-order chi connectivity index (χ0) is 11.3. The minimum atomic E-state index is -0.373. The highest BCUT2D eigenvalue weighted by molar-refractivity contribution is 5.82. The molecule has 0 radical (unpaired) electrons. The maximum absolute atomic E-state index is 11.7. The Hall–Kier alpha value is -1.26. The van der Waals surface area contributed by atoms with Crippen molar-refractivity contribution in [1.82, 2.24) is 9.80 Å². The summed E-state index contributed by atoms with van der Waals surface area (Å²) in [7, 11) is 0. The number of hydrogen-bond acceptors (Lipinski definition) is 3. The Kier molecular flexibility index (Phi) is 4.39. The van der Waals surface area contributed by atoms with Crippen molar-refractivity contribution in [2.24, 2.45) is 0 Å². The maximum Gasteiger partial charge on any atom is 0.410 e. The number of cyclic esters (lactones) is 1. The monoisotopic (exact) mass is 214 g/mol. The largest absolute Gasteiger partial charge is 0.449 e. The summed E-state index contributed by atoms with van der Waals surface area (Å²) in [5, 5.41) is 0. The summed E-state index contributed by atoms with van der Waals surface area (Å²) in [5.74, 6) is -0.0150. The highest BCUT2D eigenvalue weighted by Gasteiger charge is 2.23. The fourth-order valence-corrected chi connectivity index (χ4v) is 1.58. The summed E-state index contributed by atoms with van der Waals surface area (Å²) in [6.07, 6.45) is 0.429. The highest BCUT2D eigenvalue weighted by atomic mass is 16.6. The SMILES string of the molecule is CCN(CC)C(=O)CN1CCCOC1=O. The molecule has 1 aliphatic rings. The summed E-state index contributed by atoms with van der Waals surface area (Å²) in [6.45, 7) is 6.43. The summed E-state index contributed by atoms with van der Waals surface area (Å²) in [6, 6.07) is 0. The molecule has 0 atom stereocenters. The third kappa shape index (κ3) is 3.11. The zero-order valence-electron chi connectivity index (χ0n) is 9.36. The Labute approximate surface area is 90.0 Å². The van der Waals surface area contributed by atoms with Crippen molar-refractivity contribution < 1.29 is 14.3 Å². The van der Waals surface area contributed by atoms with Crippen LogP contribution in [0.15, 0.2) is 0 Å². The van der Waals surface area contributed by atoms with E-state index in [1.165, 1.54) is 4.90 Å². The number of hydrogen-bond donors (Lipinski definition) is 0. The first-order valence-corrected chi connectivity index (χ1v) is 5.38. The molecule has 0 aliphatic carbocycles. The van der Waals surface area contributed by atoms with Gasteiger partial charge in [0.1, 0.15) is 6.54 Å². The molecule has 5 heteroatoms. The van der Waals surface area contributed by atoms with Gasteiger partial charge in [-0.25, -0.2) is 4.79 Å². The van der Waals surface area contributed by atoms with E-state index < -0.39 is 0 Å². The minimum absolute atomic E-state index is 0.0150. The normalized spacial score (nSPS) is 16.1. The predicted molar refractivity (Wildman–Crippen MR) is 55.5 cm³/mol. The molecule has 0 aromatic rings. The van der Waals surface area contributed by atoms with Crippen LogP contribution in [0.3, 0.4) is 0 Å². The topological polar surface area (TPSA) is 49.9 Å². The number of likely N-dealkylation sites (N-methyl/N-ethyl adjacent to an activating group) is 1. The number of nitrogens with zero attached hydrogens (tertiary/aromatic N) is 2. The Morgan fingerprint density at radius 3 is 2.67 bits per heavy atom. The number of carbonyl (C=O) groups excluding carboxylic acids is 2. The van der Waals surface area contributed by atoms with Crippen molar-refractivity contribution in [3.63, 3.8) is 0 Å². The van der Waals surface area contributed by atoms with Gasteiger partial charge >= 0.3 is 6.09 Å². The van der Waals surface area contributed by atoms with Gasteiger partial charge in [-0.2, -0.15) is 0 Å². The Bertz CT molecular complexity index is 239. The lowest BCUT2D eigenvalue weighted by Crippen LogP contribution is -2.45. The van der Waals surface area contributed by atoms with Gasteiger partial charge in [0.05, 0.1) is 6.61 Å². The summed E-state index contributed by atoms with van der Waals surface area (Å²) < 4.78 is 4.85. The fraction of sp³-hybridized carbons (Fsp3) is 0.800. The van der Waals surface area contributed by atoms with E-state index in [0.717, 1.165) is 6.42 Å². The van der Waals surface area contributed by atoms with E-state index in [4.69, 9.17) is 4.74 Å². The van der Waals surface area contributed by atoms with Gasteiger partial charge in [-0.15, -0.1) is 0 Å². The van der Waals surface area contributed by atoms with Gasteiger partial charge in [-0.3, -0.25) is 9.69 Å². The zero-order valence-corrected chi connectivity index (χ0v) is 9.36. The molecule has 1 aliphatic heterocycles. The first-order chi connectivity index (χ1) is 7.19. The van der Waals surface area contributed by atoms with Crippen LogP contribution in [0.1, 0.15) is 20.3 Å². The summed E-state index contributed by atoms with van der Waals surface area (Å²) in [4.78, 5) is 26.1. The third-order valence-corrected chi connectivity index (χ3v) is 2.50. The van der Waals surface area contributed by atoms with Gasteiger partial charge in [0, 0.05) is 19.6 Å². The molecule has 0 N–H and O–H groups in total. The van der Waals surface area contributed by atoms with E-state index >= 15 is 0 Å². The second-order valence-corrected chi connectivity index (χ2v) is 3.46. The van der Waals surface area contributed by atoms with E-state index in [1.807, 2.05) is 13.8 Å². The molecule has 1 heterocycles. The second kappa shape index (κ2) is 5.58. The average molecular weight is 214 g/mol. The second-order valence-electron chi connectivity index (χ2n) is 3.46. The Balaban J connectivity index is 2.45. The average Bonchev–Trinajstić information content (AvgIpc) is 2.23. The number of amides is 2. The molecule has 5 nitrogen and oxygen atoms in total. The van der Waals surface area contributed by atoms with Crippen molar-refractivity contribution in [3.8, 4) is 0 Å². The number of carbonyl (C=O) groups is 2. The first-order valence-electron chi connectivity index (χ1n) is 5.38. The maximum atomic E-state index is 11.7. The molecule has 15 heavy (non-hydrogen) atoms. The Morgan fingerprint density at radius 2 is 2.13 bits per heavy atom. The molecule has 1 rings (SSSR count). The smallest absolute Gasteiger partial charge is 0.410 e. The van der Waals surface area contributed by atoms with Crippen LogP contribution in [0.25, 0.3) is 0 Å². The van der Waals surface area contributed by atoms with Crippen LogP contribution in [-0.4, -0.2) is 54.6 Å². The number of rotatable bonds is 4. The standard InChI is InChI=1S/C10H18N2O3/c1-3-11(4-2)9(13)8-12-6-5-7-15-10(12)14/h3-8H2,1-2H3. The summed E-state index contributed by atoms with van der Waals surface area (Å²) in [5.41, 5.74) is 0.